The quantitative estimate of drug-likeness (QED) is 0.626. The van der Waals surface area contributed by atoms with Gasteiger partial charge in [-0.25, -0.2) is 0 Å². The third-order valence-corrected chi connectivity index (χ3v) is 3.40. The Morgan fingerprint density at radius 2 is 1.75 bits per heavy atom. The number of hydrogen-bond acceptors (Lipinski definition) is 1. The lowest BCUT2D eigenvalue weighted by molar-refractivity contribution is -0.0328. The van der Waals surface area contributed by atoms with Crippen molar-refractivity contribution >= 4 is 35.0 Å². The van der Waals surface area contributed by atoms with Crippen LogP contribution in [0.2, 0.25) is 10.0 Å². The average molecular weight is 289 g/mol. The number of alkyl halides is 3. The van der Waals surface area contributed by atoms with Crippen LogP contribution in [0.1, 0.15) is 25.3 Å². The van der Waals surface area contributed by atoms with Gasteiger partial charge in [0.1, 0.15) is 0 Å². The second-order valence-electron chi connectivity index (χ2n) is 3.51. The van der Waals surface area contributed by atoms with Gasteiger partial charge in [-0.3, -0.25) is 0 Å². The van der Waals surface area contributed by atoms with Gasteiger partial charge in [0.25, 0.3) is 0 Å². The Morgan fingerprint density at radius 3 is 2.19 bits per heavy atom. The predicted molar refractivity (Wildman–Crippen MR) is 62.5 cm³/mol. The Kier molecular flexibility index (Phi) is 4.43. The zero-order valence-electron chi connectivity index (χ0n) is 8.53. The minimum Gasteiger partial charge on any atom is -0.160 e. The molecule has 0 radical (unpaired) electrons. The fourth-order valence-corrected chi connectivity index (χ4v) is 2.66. The molecule has 0 N–H and O–H groups in total. The highest BCUT2D eigenvalue weighted by Crippen LogP contribution is 2.44. The molecule has 90 valence electrons. The zero-order chi connectivity index (χ0) is 12.5. The number of benzene rings is 1. The van der Waals surface area contributed by atoms with E-state index < -0.39 is 5.51 Å². The van der Waals surface area contributed by atoms with Gasteiger partial charge in [0.2, 0.25) is 0 Å². The summed E-state index contributed by atoms with van der Waals surface area (Å²) < 4.78 is 37.0. The van der Waals surface area contributed by atoms with Gasteiger partial charge in [-0.15, -0.1) is 0 Å². The highest BCUT2D eigenvalue weighted by molar-refractivity contribution is 8.00. The molecule has 1 rings (SSSR count). The van der Waals surface area contributed by atoms with Crippen molar-refractivity contribution in [2.75, 3.05) is 0 Å². The normalized spacial score (nSPS) is 12.2. The summed E-state index contributed by atoms with van der Waals surface area (Å²) in [5.41, 5.74) is -3.83. The second kappa shape index (κ2) is 5.07. The molecule has 16 heavy (non-hydrogen) atoms. The predicted octanol–water partition coefficient (Wildman–Crippen LogP) is 5.73. The first-order valence-corrected chi connectivity index (χ1v) is 6.02. The molecule has 0 aliphatic rings. The van der Waals surface area contributed by atoms with Gasteiger partial charge < -0.3 is 0 Å². The van der Waals surface area contributed by atoms with Crippen molar-refractivity contribution in [3.8, 4) is 0 Å². The van der Waals surface area contributed by atoms with Crippen molar-refractivity contribution in [1.29, 1.82) is 0 Å². The molecule has 0 aliphatic heterocycles. The molecule has 0 bridgehead atoms. The smallest absolute Gasteiger partial charge is 0.160 e. The molecule has 1 aromatic carbocycles. The van der Waals surface area contributed by atoms with Gasteiger partial charge in [-0.2, -0.15) is 13.2 Å². The van der Waals surface area contributed by atoms with E-state index >= 15 is 0 Å². The van der Waals surface area contributed by atoms with Gasteiger partial charge in [0.15, 0.2) is 0 Å². The molecule has 0 spiro atoms. The Morgan fingerprint density at radius 1 is 1.19 bits per heavy atom. The van der Waals surface area contributed by atoms with Crippen LogP contribution in [0.3, 0.4) is 0 Å². The Labute approximate surface area is 106 Å². The lowest BCUT2D eigenvalue weighted by atomic mass is 10.0. The Balaban J connectivity index is 3.25. The minimum atomic E-state index is -4.35. The van der Waals surface area contributed by atoms with E-state index in [4.69, 9.17) is 23.2 Å². The van der Waals surface area contributed by atoms with E-state index in [1.165, 1.54) is 12.1 Å². The van der Waals surface area contributed by atoms with Crippen LogP contribution >= 0.6 is 35.0 Å². The van der Waals surface area contributed by atoms with Gasteiger partial charge in [0.05, 0.1) is 5.02 Å². The highest BCUT2D eigenvalue weighted by atomic mass is 35.5. The first kappa shape index (κ1) is 14.0. The van der Waals surface area contributed by atoms with Crippen molar-refractivity contribution in [2.24, 2.45) is 0 Å². The molecule has 0 saturated carbocycles. The Bertz CT molecular complexity index is 388. The minimum absolute atomic E-state index is 0.0357. The third-order valence-electron chi connectivity index (χ3n) is 1.88. The summed E-state index contributed by atoms with van der Waals surface area (Å²) in [5, 5.41) is 0.388. The van der Waals surface area contributed by atoms with E-state index in [1.54, 1.807) is 13.8 Å². The molecule has 0 saturated heterocycles. The molecule has 0 amide bonds. The van der Waals surface area contributed by atoms with Gasteiger partial charge in [-0.1, -0.05) is 37.0 Å². The maximum Gasteiger partial charge on any atom is 0.446 e. The first-order chi connectivity index (χ1) is 7.20. The average Bonchev–Trinajstić information content (AvgIpc) is 2.07. The van der Waals surface area contributed by atoms with Crippen molar-refractivity contribution in [3.63, 3.8) is 0 Å². The second-order valence-corrected chi connectivity index (χ2v) is 5.43. The SMILES string of the molecule is CC(C)c1cc(Cl)cc(Cl)c1SC(F)(F)F. The van der Waals surface area contributed by atoms with E-state index in [9.17, 15) is 13.2 Å². The van der Waals surface area contributed by atoms with Crippen LogP contribution in [0, 0.1) is 0 Å². The summed E-state index contributed by atoms with van der Waals surface area (Å²) in [6, 6.07) is 2.84. The van der Waals surface area contributed by atoms with Crippen molar-refractivity contribution < 1.29 is 13.2 Å². The molecule has 0 nitrogen and oxygen atoms in total. The van der Waals surface area contributed by atoms with Crippen LogP contribution in [0.25, 0.3) is 0 Å². The molecule has 0 fully saturated rings. The van der Waals surface area contributed by atoms with E-state index in [0.29, 0.717) is 10.6 Å². The number of thioether (sulfide) groups is 1. The van der Waals surface area contributed by atoms with E-state index in [2.05, 4.69) is 0 Å². The fourth-order valence-electron chi connectivity index (χ4n) is 1.23. The Hall–Kier alpha value is -0.0600. The largest absolute Gasteiger partial charge is 0.446 e. The van der Waals surface area contributed by atoms with Crippen LogP contribution in [-0.2, 0) is 0 Å². The number of halogens is 5. The molecular formula is C10H9Cl2F3S. The van der Waals surface area contributed by atoms with Crippen LogP contribution in [-0.4, -0.2) is 5.51 Å². The van der Waals surface area contributed by atoms with Crippen molar-refractivity contribution in [1.82, 2.24) is 0 Å². The summed E-state index contributed by atoms with van der Waals surface area (Å²) >= 11 is 11.3. The molecular weight excluding hydrogens is 280 g/mol. The van der Waals surface area contributed by atoms with Crippen LogP contribution in [0.5, 0.6) is 0 Å². The summed E-state index contributed by atoms with van der Waals surface area (Å²) in [4.78, 5) is 0.0357. The zero-order valence-corrected chi connectivity index (χ0v) is 10.9. The molecule has 0 heterocycles. The highest BCUT2D eigenvalue weighted by Gasteiger charge is 2.32. The number of hydrogen-bond donors (Lipinski definition) is 0. The van der Waals surface area contributed by atoms with Gasteiger partial charge in [-0.05, 0) is 35.4 Å². The van der Waals surface area contributed by atoms with Crippen molar-refractivity contribution in [3.05, 3.63) is 27.7 Å². The maximum absolute atomic E-state index is 12.3. The number of rotatable bonds is 2. The molecule has 1 aromatic rings. The molecule has 6 heteroatoms. The maximum atomic E-state index is 12.3. The lowest BCUT2D eigenvalue weighted by Gasteiger charge is -2.15. The summed E-state index contributed by atoms with van der Waals surface area (Å²) in [5.74, 6) is -0.0685. The topological polar surface area (TPSA) is 0 Å². The standard InChI is InChI=1S/C10H9Cl2F3S/c1-5(2)7-3-6(11)4-8(12)9(7)16-10(13,14)15/h3-5H,1-2H3. The van der Waals surface area contributed by atoms with E-state index in [0.717, 1.165) is 0 Å². The van der Waals surface area contributed by atoms with Gasteiger partial charge in [0, 0.05) is 9.92 Å². The van der Waals surface area contributed by atoms with Crippen LogP contribution < -0.4 is 0 Å². The third kappa shape index (κ3) is 3.75. The summed E-state index contributed by atoms with van der Waals surface area (Å²) in [6.07, 6.45) is 0. The first-order valence-electron chi connectivity index (χ1n) is 4.45. The molecule has 0 unspecified atom stereocenters. The van der Waals surface area contributed by atoms with Crippen LogP contribution in [0.15, 0.2) is 17.0 Å². The fraction of sp³-hybridized carbons (Fsp3) is 0.400. The summed E-state index contributed by atoms with van der Waals surface area (Å²) in [6.45, 7) is 3.59. The molecule has 0 atom stereocenters. The van der Waals surface area contributed by atoms with Crippen LogP contribution in [0.4, 0.5) is 13.2 Å². The van der Waals surface area contributed by atoms with Gasteiger partial charge >= 0.3 is 5.51 Å². The van der Waals surface area contributed by atoms with E-state index in [1.807, 2.05) is 0 Å². The molecule has 0 aromatic heterocycles. The summed E-state index contributed by atoms with van der Waals surface area (Å²) in [7, 11) is 0. The monoisotopic (exact) mass is 288 g/mol. The van der Waals surface area contributed by atoms with Crippen molar-refractivity contribution in [2.45, 2.75) is 30.2 Å². The van der Waals surface area contributed by atoms with E-state index in [-0.39, 0.29) is 27.6 Å². The lowest BCUT2D eigenvalue weighted by Crippen LogP contribution is -2.02. The molecule has 0 aliphatic carbocycles.